The second-order valence-electron chi connectivity index (χ2n) is 5.25. The van der Waals surface area contributed by atoms with Crippen molar-refractivity contribution in [2.24, 2.45) is 5.92 Å². The summed E-state index contributed by atoms with van der Waals surface area (Å²) in [7, 11) is 1.74. The molecule has 2 nitrogen and oxygen atoms in total. The molecule has 1 aromatic rings. The van der Waals surface area contributed by atoms with E-state index in [2.05, 4.69) is 38.2 Å². The van der Waals surface area contributed by atoms with Crippen LogP contribution in [0, 0.1) is 19.8 Å². The minimum Gasteiger partial charge on any atom is -0.496 e. The number of hydrogen-bond donors (Lipinski definition) is 1. The third-order valence-electron chi connectivity index (χ3n) is 3.97. The van der Waals surface area contributed by atoms with Gasteiger partial charge >= 0.3 is 0 Å². The SMILES string of the molecule is COc1cc(C)c(C2CCNCC2C)cc1C. The van der Waals surface area contributed by atoms with E-state index in [0.29, 0.717) is 5.92 Å². The number of piperidine rings is 1. The second-order valence-corrected chi connectivity index (χ2v) is 5.25. The molecule has 0 aromatic heterocycles. The molecule has 17 heavy (non-hydrogen) atoms. The Labute approximate surface area is 104 Å². The fraction of sp³-hybridized carbons (Fsp3) is 0.600. The fourth-order valence-corrected chi connectivity index (χ4v) is 2.91. The third-order valence-corrected chi connectivity index (χ3v) is 3.97. The molecule has 1 heterocycles. The highest BCUT2D eigenvalue weighted by Crippen LogP contribution is 2.35. The summed E-state index contributed by atoms with van der Waals surface area (Å²) in [5.74, 6) is 2.42. The summed E-state index contributed by atoms with van der Waals surface area (Å²) in [6.45, 7) is 8.95. The lowest BCUT2D eigenvalue weighted by Crippen LogP contribution is -2.34. The number of rotatable bonds is 2. The molecule has 94 valence electrons. The van der Waals surface area contributed by atoms with Crippen LogP contribution in [0.2, 0.25) is 0 Å². The first-order valence-electron chi connectivity index (χ1n) is 6.49. The Balaban J connectivity index is 2.34. The molecule has 0 radical (unpaired) electrons. The first-order chi connectivity index (χ1) is 8.13. The van der Waals surface area contributed by atoms with Crippen molar-refractivity contribution in [2.75, 3.05) is 20.2 Å². The smallest absolute Gasteiger partial charge is 0.122 e. The molecule has 0 bridgehead atoms. The van der Waals surface area contributed by atoms with Crippen LogP contribution in [0.5, 0.6) is 5.75 Å². The van der Waals surface area contributed by atoms with E-state index in [1.807, 2.05) is 0 Å². The molecule has 1 aromatic carbocycles. The Morgan fingerprint density at radius 2 is 2.00 bits per heavy atom. The van der Waals surface area contributed by atoms with Crippen LogP contribution in [-0.4, -0.2) is 20.2 Å². The Kier molecular flexibility index (Phi) is 3.72. The van der Waals surface area contributed by atoms with E-state index in [-0.39, 0.29) is 0 Å². The maximum Gasteiger partial charge on any atom is 0.122 e. The van der Waals surface area contributed by atoms with Crippen LogP contribution < -0.4 is 10.1 Å². The first kappa shape index (κ1) is 12.4. The summed E-state index contributed by atoms with van der Waals surface area (Å²) in [5, 5.41) is 3.47. The van der Waals surface area contributed by atoms with Gasteiger partial charge in [-0.15, -0.1) is 0 Å². The van der Waals surface area contributed by atoms with Gasteiger partial charge in [0.1, 0.15) is 5.75 Å². The highest BCUT2D eigenvalue weighted by atomic mass is 16.5. The minimum atomic E-state index is 0.695. The standard InChI is InChI=1S/C15H23NO/c1-10-8-15(17-4)11(2)7-14(10)13-5-6-16-9-12(13)3/h7-8,12-13,16H,5-6,9H2,1-4H3. The zero-order valence-corrected chi connectivity index (χ0v) is 11.3. The van der Waals surface area contributed by atoms with Crippen molar-refractivity contribution in [2.45, 2.75) is 33.1 Å². The molecule has 0 aliphatic carbocycles. The van der Waals surface area contributed by atoms with Gasteiger partial charge < -0.3 is 10.1 Å². The van der Waals surface area contributed by atoms with Crippen molar-refractivity contribution in [3.05, 3.63) is 28.8 Å². The van der Waals surface area contributed by atoms with Crippen LogP contribution in [0.3, 0.4) is 0 Å². The molecule has 0 spiro atoms. The summed E-state index contributed by atoms with van der Waals surface area (Å²) in [4.78, 5) is 0. The Morgan fingerprint density at radius 1 is 1.24 bits per heavy atom. The first-order valence-corrected chi connectivity index (χ1v) is 6.49. The number of aryl methyl sites for hydroxylation is 2. The summed E-state index contributed by atoms with van der Waals surface area (Å²) < 4.78 is 5.38. The van der Waals surface area contributed by atoms with E-state index in [1.54, 1.807) is 7.11 Å². The highest BCUT2D eigenvalue weighted by Gasteiger charge is 2.24. The number of ether oxygens (including phenoxy) is 1. The molecular weight excluding hydrogens is 210 g/mol. The van der Waals surface area contributed by atoms with Gasteiger partial charge in [0.2, 0.25) is 0 Å². The van der Waals surface area contributed by atoms with Gasteiger partial charge in [-0.2, -0.15) is 0 Å². The van der Waals surface area contributed by atoms with Crippen LogP contribution in [0.1, 0.15) is 36.0 Å². The molecule has 0 saturated carbocycles. The average molecular weight is 233 g/mol. The van der Waals surface area contributed by atoms with E-state index in [1.165, 1.54) is 23.1 Å². The topological polar surface area (TPSA) is 21.3 Å². The summed E-state index contributed by atoms with van der Waals surface area (Å²) in [6.07, 6.45) is 1.24. The predicted octanol–water partition coefficient (Wildman–Crippen LogP) is 3.03. The van der Waals surface area contributed by atoms with Gasteiger partial charge in [-0.05, 0) is 68.0 Å². The van der Waals surface area contributed by atoms with Gasteiger partial charge in [0.05, 0.1) is 7.11 Å². The Bertz CT molecular complexity index is 400. The molecular formula is C15H23NO. The molecule has 2 atom stereocenters. The molecule has 1 aliphatic heterocycles. The maximum absolute atomic E-state index is 5.38. The molecule has 2 heteroatoms. The zero-order chi connectivity index (χ0) is 12.4. The molecule has 1 aliphatic rings. The third kappa shape index (κ3) is 2.47. The van der Waals surface area contributed by atoms with Gasteiger partial charge in [-0.3, -0.25) is 0 Å². The van der Waals surface area contributed by atoms with E-state index < -0.39 is 0 Å². The lowest BCUT2D eigenvalue weighted by Gasteiger charge is -2.31. The Hall–Kier alpha value is -1.02. The van der Waals surface area contributed by atoms with Gasteiger partial charge in [0.15, 0.2) is 0 Å². The van der Waals surface area contributed by atoms with Gasteiger partial charge in [-0.1, -0.05) is 13.0 Å². The lowest BCUT2D eigenvalue weighted by molar-refractivity contribution is 0.348. The minimum absolute atomic E-state index is 0.695. The van der Waals surface area contributed by atoms with Gasteiger partial charge in [0.25, 0.3) is 0 Å². The molecule has 0 amide bonds. The second kappa shape index (κ2) is 5.09. The van der Waals surface area contributed by atoms with Crippen molar-refractivity contribution in [1.82, 2.24) is 5.32 Å². The number of benzene rings is 1. The van der Waals surface area contributed by atoms with Crippen molar-refractivity contribution in [3.63, 3.8) is 0 Å². The summed E-state index contributed by atoms with van der Waals surface area (Å²) in [6, 6.07) is 4.50. The van der Waals surface area contributed by atoms with Crippen LogP contribution in [0.15, 0.2) is 12.1 Å². The van der Waals surface area contributed by atoms with Crippen molar-refractivity contribution < 1.29 is 4.74 Å². The van der Waals surface area contributed by atoms with Gasteiger partial charge in [-0.25, -0.2) is 0 Å². The van der Waals surface area contributed by atoms with E-state index in [4.69, 9.17) is 4.74 Å². The zero-order valence-electron chi connectivity index (χ0n) is 11.3. The maximum atomic E-state index is 5.38. The Morgan fingerprint density at radius 3 is 2.65 bits per heavy atom. The van der Waals surface area contributed by atoms with Crippen LogP contribution in [-0.2, 0) is 0 Å². The van der Waals surface area contributed by atoms with Crippen LogP contribution in [0.25, 0.3) is 0 Å². The fourth-order valence-electron chi connectivity index (χ4n) is 2.91. The number of nitrogens with one attached hydrogen (secondary N) is 1. The van der Waals surface area contributed by atoms with Crippen LogP contribution >= 0.6 is 0 Å². The largest absolute Gasteiger partial charge is 0.496 e. The molecule has 1 fully saturated rings. The predicted molar refractivity (Wildman–Crippen MR) is 71.9 cm³/mol. The molecule has 1 N–H and O–H groups in total. The quantitative estimate of drug-likeness (QED) is 0.848. The monoisotopic (exact) mass is 233 g/mol. The van der Waals surface area contributed by atoms with Crippen molar-refractivity contribution in [1.29, 1.82) is 0 Å². The average Bonchev–Trinajstić information content (AvgIpc) is 2.32. The lowest BCUT2D eigenvalue weighted by atomic mass is 9.80. The van der Waals surface area contributed by atoms with E-state index >= 15 is 0 Å². The van der Waals surface area contributed by atoms with Crippen molar-refractivity contribution in [3.8, 4) is 5.75 Å². The van der Waals surface area contributed by atoms with E-state index in [0.717, 1.165) is 24.8 Å². The highest BCUT2D eigenvalue weighted by molar-refractivity contribution is 5.43. The molecule has 2 rings (SSSR count). The number of methoxy groups -OCH3 is 1. The van der Waals surface area contributed by atoms with Crippen LogP contribution in [0.4, 0.5) is 0 Å². The molecule has 2 unspecified atom stereocenters. The summed E-state index contributed by atoms with van der Waals surface area (Å²) in [5.41, 5.74) is 4.13. The van der Waals surface area contributed by atoms with Crippen molar-refractivity contribution >= 4 is 0 Å². The van der Waals surface area contributed by atoms with Gasteiger partial charge in [0, 0.05) is 0 Å². The normalized spacial score (nSPS) is 24.7. The summed E-state index contributed by atoms with van der Waals surface area (Å²) >= 11 is 0. The van der Waals surface area contributed by atoms with E-state index in [9.17, 15) is 0 Å². The molecule has 1 saturated heterocycles. The number of hydrogen-bond acceptors (Lipinski definition) is 2.